The molecule has 7 heteroatoms. The topological polar surface area (TPSA) is 80.7 Å². The summed E-state index contributed by atoms with van der Waals surface area (Å²) in [7, 11) is 1.80. The van der Waals surface area contributed by atoms with Crippen LogP contribution in [0.1, 0.15) is 27.0 Å². The van der Waals surface area contributed by atoms with Gasteiger partial charge in [0.2, 0.25) is 5.78 Å². The Kier molecular flexibility index (Phi) is 5.71. The van der Waals surface area contributed by atoms with Crippen molar-refractivity contribution < 1.29 is 4.79 Å². The number of nitrogens with zero attached hydrogens (tertiary/aromatic N) is 4. The van der Waals surface area contributed by atoms with Crippen LogP contribution in [0.25, 0.3) is 17.3 Å². The van der Waals surface area contributed by atoms with Crippen molar-refractivity contribution in [2.24, 2.45) is 7.05 Å². The van der Waals surface area contributed by atoms with Crippen LogP contribution in [-0.4, -0.2) is 20.1 Å². The highest BCUT2D eigenvalue weighted by Gasteiger charge is 2.20. The summed E-state index contributed by atoms with van der Waals surface area (Å²) in [6, 6.07) is 16.6. The minimum Gasteiger partial charge on any atom is -0.288 e. The quantitative estimate of drug-likeness (QED) is 0.457. The molecule has 0 N–H and O–H groups in total. The monoisotopic (exact) mass is 440 g/mol. The van der Waals surface area contributed by atoms with Crippen molar-refractivity contribution in [3.8, 4) is 11.8 Å². The second kappa shape index (κ2) is 8.61. The van der Waals surface area contributed by atoms with Crippen LogP contribution >= 0.6 is 11.3 Å². The van der Waals surface area contributed by atoms with E-state index < -0.39 is 5.78 Å². The Balaban J connectivity index is 2.10. The Morgan fingerprint density at radius 1 is 1.09 bits per heavy atom. The summed E-state index contributed by atoms with van der Waals surface area (Å²) >= 11 is 1.13. The van der Waals surface area contributed by atoms with Gasteiger partial charge in [0.1, 0.15) is 16.3 Å². The third-order valence-electron chi connectivity index (χ3n) is 5.14. The van der Waals surface area contributed by atoms with Crippen molar-refractivity contribution in [1.82, 2.24) is 14.3 Å². The van der Waals surface area contributed by atoms with Crippen molar-refractivity contribution in [3.05, 3.63) is 103 Å². The van der Waals surface area contributed by atoms with Gasteiger partial charge >= 0.3 is 0 Å². The van der Waals surface area contributed by atoms with Crippen molar-refractivity contribution in [3.63, 3.8) is 0 Å². The largest absolute Gasteiger partial charge is 0.288 e. The first-order valence-electron chi connectivity index (χ1n) is 9.93. The standard InChI is InChI=1S/C25H20N4O2S/c1-16-8-4-6-10-19(16)23(30)20(13-26)25-29(21-11-7-5-9-17(21)2)24(31)22(32-25)12-18-14-27-28(3)15-18/h4-12,14-15H,1-3H3. The molecule has 0 fully saturated rings. The molecule has 32 heavy (non-hydrogen) atoms. The number of ketones is 1. The van der Waals surface area contributed by atoms with Crippen molar-refractivity contribution in [1.29, 1.82) is 5.26 Å². The zero-order chi connectivity index (χ0) is 22.8. The van der Waals surface area contributed by atoms with E-state index in [4.69, 9.17) is 0 Å². The third kappa shape index (κ3) is 3.84. The van der Waals surface area contributed by atoms with E-state index in [1.807, 2.05) is 50.2 Å². The van der Waals surface area contributed by atoms with Gasteiger partial charge in [-0.3, -0.25) is 18.8 Å². The normalized spacial score (nSPS) is 12.5. The Labute approximate surface area is 188 Å². The first-order chi connectivity index (χ1) is 15.4. The van der Waals surface area contributed by atoms with Gasteiger partial charge < -0.3 is 0 Å². The number of Topliss-reactive ketones (excluding diaryl/α,β-unsaturated/α-hetero) is 1. The van der Waals surface area contributed by atoms with Gasteiger partial charge in [-0.05, 0) is 37.1 Å². The number of nitriles is 1. The number of aryl methyl sites for hydroxylation is 3. The molecule has 2 aromatic heterocycles. The lowest BCUT2D eigenvalue weighted by molar-refractivity contribution is 0.105. The molecule has 0 bridgehead atoms. The van der Waals surface area contributed by atoms with Gasteiger partial charge in [-0.2, -0.15) is 10.4 Å². The van der Waals surface area contributed by atoms with E-state index in [-0.39, 0.29) is 11.1 Å². The molecule has 0 spiro atoms. The molecule has 0 saturated heterocycles. The van der Waals surface area contributed by atoms with E-state index in [9.17, 15) is 14.9 Å². The summed E-state index contributed by atoms with van der Waals surface area (Å²) in [4.78, 5) is 26.8. The lowest BCUT2D eigenvalue weighted by atomic mass is 10.0. The Bertz CT molecular complexity index is 1560. The SMILES string of the molecule is Cc1ccccc1C(=O)C(C#N)=c1sc(=Cc2cnn(C)c2)c(=O)n1-c1ccccc1C. The molecular weight excluding hydrogens is 420 g/mol. The maximum Gasteiger partial charge on any atom is 0.273 e. The fraction of sp³-hybridized carbons (Fsp3) is 0.120. The number of aromatic nitrogens is 3. The van der Waals surface area contributed by atoms with Gasteiger partial charge in [0.05, 0.1) is 16.4 Å². The summed E-state index contributed by atoms with van der Waals surface area (Å²) < 4.78 is 3.85. The highest BCUT2D eigenvalue weighted by molar-refractivity contribution is 7.07. The number of thiazole rings is 1. The molecule has 4 rings (SSSR count). The zero-order valence-corrected chi connectivity index (χ0v) is 18.7. The summed E-state index contributed by atoms with van der Waals surface area (Å²) in [5.74, 6) is -0.401. The smallest absolute Gasteiger partial charge is 0.273 e. The second-order valence-corrected chi connectivity index (χ2v) is 8.45. The van der Waals surface area contributed by atoms with E-state index in [0.717, 1.165) is 28.0 Å². The number of para-hydroxylation sites is 1. The van der Waals surface area contributed by atoms with Crippen LogP contribution in [0, 0.1) is 25.2 Å². The lowest BCUT2D eigenvalue weighted by Gasteiger charge is -2.08. The number of carbonyl (C=O) groups is 1. The predicted molar refractivity (Wildman–Crippen MR) is 125 cm³/mol. The van der Waals surface area contributed by atoms with Crippen LogP contribution in [0.5, 0.6) is 0 Å². The molecule has 0 aliphatic carbocycles. The Hall–Kier alpha value is -4.02. The van der Waals surface area contributed by atoms with Crippen LogP contribution in [0.3, 0.4) is 0 Å². The molecule has 0 radical (unpaired) electrons. The Morgan fingerprint density at radius 3 is 2.41 bits per heavy atom. The molecule has 0 saturated carbocycles. The number of carbonyl (C=O) groups excluding carboxylic acids is 1. The van der Waals surface area contributed by atoms with Gasteiger partial charge in [-0.1, -0.05) is 42.5 Å². The summed E-state index contributed by atoms with van der Waals surface area (Å²) in [6.07, 6.45) is 5.18. The minimum atomic E-state index is -0.401. The number of hydrogen-bond acceptors (Lipinski definition) is 5. The molecule has 0 aliphatic rings. The number of rotatable bonds is 4. The second-order valence-electron chi connectivity index (χ2n) is 7.42. The zero-order valence-electron chi connectivity index (χ0n) is 17.9. The van der Waals surface area contributed by atoms with Gasteiger partial charge in [-0.25, -0.2) is 0 Å². The molecule has 4 aromatic rings. The molecule has 158 valence electrons. The van der Waals surface area contributed by atoms with E-state index in [2.05, 4.69) is 11.2 Å². The first-order valence-corrected chi connectivity index (χ1v) is 10.8. The van der Waals surface area contributed by atoms with Crippen LogP contribution in [0.4, 0.5) is 0 Å². The van der Waals surface area contributed by atoms with Gasteiger partial charge in [0.25, 0.3) is 5.56 Å². The predicted octanol–water partition coefficient (Wildman–Crippen LogP) is 2.64. The Morgan fingerprint density at radius 2 is 1.78 bits per heavy atom. The average molecular weight is 441 g/mol. The first kappa shape index (κ1) is 21.2. The molecule has 0 amide bonds. The number of benzene rings is 2. The lowest BCUT2D eigenvalue weighted by Crippen LogP contribution is -2.32. The summed E-state index contributed by atoms with van der Waals surface area (Å²) in [5, 5.41) is 14.1. The molecular formula is C25H20N4O2S. The van der Waals surface area contributed by atoms with Crippen molar-refractivity contribution in [2.75, 3.05) is 0 Å². The van der Waals surface area contributed by atoms with Crippen LogP contribution < -0.4 is 14.8 Å². The number of hydrogen-bond donors (Lipinski definition) is 0. The van der Waals surface area contributed by atoms with E-state index >= 15 is 0 Å². The van der Waals surface area contributed by atoms with Crippen molar-refractivity contribution >= 4 is 28.8 Å². The minimum absolute atomic E-state index is 0.0597. The van der Waals surface area contributed by atoms with Gasteiger partial charge in [0.15, 0.2) is 0 Å². The van der Waals surface area contributed by atoms with E-state index in [0.29, 0.717) is 20.4 Å². The van der Waals surface area contributed by atoms with E-state index in [1.165, 1.54) is 4.57 Å². The average Bonchev–Trinajstić information content (AvgIpc) is 3.32. The fourth-order valence-corrected chi connectivity index (χ4v) is 4.60. The van der Waals surface area contributed by atoms with Crippen LogP contribution in [-0.2, 0) is 7.05 Å². The third-order valence-corrected chi connectivity index (χ3v) is 6.24. The van der Waals surface area contributed by atoms with Crippen LogP contribution in [0.2, 0.25) is 0 Å². The molecule has 6 nitrogen and oxygen atoms in total. The summed E-state index contributed by atoms with van der Waals surface area (Å²) in [6.45, 7) is 3.72. The molecule has 2 heterocycles. The summed E-state index contributed by atoms with van der Waals surface area (Å²) in [5.41, 5.74) is 3.14. The van der Waals surface area contributed by atoms with Crippen LogP contribution in [0.15, 0.2) is 65.7 Å². The maximum absolute atomic E-state index is 13.5. The van der Waals surface area contributed by atoms with Gasteiger partial charge in [-0.15, -0.1) is 11.3 Å². The highest BCUT2D eigenvalue weighted by Crippen LogP contribution is 2.15. The molecule has 0 aliphatic heterocycles. The fourth-order valence-electron chi connectivity index (χ4n) is 3.51. The molecule has 2 aromatic carbocycles. The van der Waals surface area contributed by atoms with E-state index in [1.54, 1.807) is 42.3 Å². The van der Waals surface area contributed by atoms with Crippen molar-refractivity contribution in [2.45, 2.75) is 13.8 Å². The van der Waals surface area contributed by atoms with Gasteiger partial charge in [0, 0.05) is 24.4 Å². The highest BCUT2D eigenvalue weighted by atomic mass is 32.1. The maximum atomic E-state index is 13.5. The molecule has 0 atom stereocenters. The molecule has 0 unspecified atom stereocenters.